The van der Waals surface area contributed by atoms with Crippen LogP contribution in [0.5, 0.6) is 0 Å². The molecule has 0 saturated carbocycles. The van der Waals surface area contributed by atoms with Crippen LogP contribution < -0.4 is 10.6 Å². The topological polar surface area (TPSA) is 71.1 Å². The number of nitrogens with one attached hydrogen (secondary N) is 2. The molecule has 0 saturated heterocycles. The van der Waals surface area contributed by atoms with Gasteiger partial charge in [-0.05, 0) is 61.2 Å². The molecule has 0 radical (unpaired) electrons. The van der Waals surface area contributed by atoms with Crippen LogP contribution in [0.4, 0.5) is 10.1 Å². The number of nitrogens with zero attached hydrogens (tertiary/aromatic N) is 1. The number of anilines is 1. The predicted octanol–water partition coefficient (Wildman–Crippen LogP) is 4.06. The van der Waals surface area contributed by atoms with Gasteiger partial charge in [-0.1, -0.05) is 36.4 Å². The molecule has 0 aliphatic rings. The van der Waals surface area contributed by atoms with Crippen LogP contribution in [-0.4, -0.2) is 23.3 Å². The third-order valence-corrected chi connectivity index (χ3v) is 4.55. The fourth-order valence-corrected chi connectivity index (χ4v) is 2.94. The summed E-state index contributed by atoms with van der Waals surface area (Å²) in [7, 11) is 0. The summed E-state index contributed by atoms with van der Waals surface area (Å²) in [6.45, 7) is 4.22. The number of aryl methyl sites for hydroxylation is 2. The van der Waals surface area contributed by atoms with Crippen molar-refractivity contribution in [1.82, 2.24) is 10.3 Å². The van der Waals surface area contributed by atoms with Gasteiger partial charge in [0.2, 0.25) is 0 Å². The van der Waals surface area contributed by atoms with E-state index in [4.69, 9.17) is 0 Å². The van der Waals surface area contributed by atoms with Crippen molar-refractivity contribution in [2.24, 2.45) is 0 Å². The van der Waals surface area contributed by atoms with E-state index in [1.165, 1.54) is 12.1 Å². The molecule has 0 aliphatic carbocycles. The van der Waals surface area contributed by atoms with Gasteiger partial charge < -0.3 is 10.6 Å². The van der Waals surface area contributed by atoms with Crippen molar-refractivity contribution in [2.75, 3.05) is 11.9 Å². The number of pyridine rings is 1. The van der Waals surface area contributed by atoms with Gasteiger partial charge in [0.05, 0.1) is 0 Å². The number of carbonyl (C=O) groups excluding carboxylic acids is 2. The Balaban J connectivity index is 1.63. The number of aromatic nitrogens is 1. The van der Waals surface area contributed by atoms with Crippen LogP contribution in [0.25, 0.3) is 0 Å². The van der Waals surface area contributed by atoms with E-state index in [9.17, 15) is 14.0 Å². The average molecular weight is 391 g/mol. The lowest BCUT2D eigenvalue weighted by Gasteiger charge is -2.11. The number of benzene rings is 2. The number of carbonyl (C=O) groups is 2. The summed E-state index contributed by atoms with van der Waals surface area (Å²) in [5.41, 5.74) is 3.90. The molecule has 2 aromatic carbocycles. The lowest BCUT2D eigenvalue weighted by molar-refractivity contribution is 0.0949. The van der Waals surface area contributed by atoms with Gasteiger partial charge in [0.1, 0.15) is 17.2 Å². The lowest BCUT2D eigenvalue weighted by Crippen LogP contribution is -2.27. The summed E-state index contributed by atoms with van der Waals surface area (Å²) >= 11 is 0. The van der Waals surface area contributed by atoms with Gasteiger partial charge in [-0.15, -0.1) is 0 Å². The standard InChI is InChI=1S/C23H22FN3O2/c1-15-5-3-6-16(2)21(15)27-23(29)20-8-4-7-19(26-20)22(28)25-14-13-17-9-11-18(24)12-10-17/h3-12H,13-14H2,1-2H3,(H,25,28)(H,27,29). The second-order valence-electron chi connectivity index (χ2n) is 6.76. The first-order valence-corrected chi connectivity index (χ1v) is 9.31. The first-order valence-electron chi connectivity index (χ1n) is 9.31. The molecule has 0 atom stereocenters. The van der Waals surface area contributed by atoms with Crippen LogP contribution in [0.1, 0.15) is 37.7 Å². The molecular weight excluding hydrogens is 369 g/mol. The van der Waals surface area contributed by atoms with E-state index >= 15 is 0 Å². The largest absolute Gasteiger partial charge is 0.350 e. The van der Waals surface area contributed by atoms with Crippen LogP contribution in [0.2, 0.25) is 0 Å². The highest BCUT2D eigenvalue weighted by Gasteiger charge is 2.14. The zero-order valence-electron chi connectivity index (χ0n) is 16.3. The number of hydrogen-bond acceptors (Lipinski definition) is 3. The number of para-hydroxylation sites is 1. The highest BCUT2D eigenvalue weighted by molar-refractivity contribution is 6.04. The van der Waals surface area contributed by atoms with Crippen LogP contribution in [0.15, 0.2) is 60.7 Å². The van der Waals surface area contributed by atoms with E-state index in [1.54, 1.807) is 30.3 Å². The molecule has 1 aromatic heterocycles. The van der Waals surface area contributed by atoms with Crippen molar-refractivity contribution < 1.29 is 14.0 Å². The van der Waals surface area contributed by atoms with Crippen molar-refractivity contribution in [3.05, 3.63) is 94.6 Å². The van der Waals surface area contributed by atoms with E-state index in [2.05, 4.69) is 15.6 Å². The Kier molecular flexibility index (Phi) is 6.34. The van der Waals surface area contributed by atoms with Crippen molar-refractivity contribution in [2.45, 2.75) is 20.3 Å². The summed E-state index contributed by atoms with van der Waals surface area (Å²) in [6, 6.07) is 16.6. The molecule has 0 aliphatic heterocycles. The maximum absolute atomic E-state index is 12.9. The lowest BCUT2D eigenvalue weighted by atomic mass is 10.1. The molecule has 3 rings (SSSR count). The molecule has 148 valence electrons. The van der Waals surface area contributed by atoms with Gasteiger partial charge >= 0.3 is 0 Å². The summed E-state index contributed by atoms with van der Waals surface area (Å²) in [5.74, 6) is -1.03. The SMILES string of the molecule is Cc1cccc(C)c1NC(=O)c1cccc(C(=O)NCCc2ccc(F)cc2)n1. The van der Waals surface area contributed by atoms with Crippen molar-refractivity contribution in [1.29, 1.82) is 0 Å². The third-order valence-electron chi connectivity index (χ3n) is 4.55. The Labute approximate surface area is 169 Å². The number of halogens is 1. The first kappa shape index (κ1) is 20.2. The highest BCUT2D eigenvalue weighted by atomic mass is 19.1. The minimum atomic E-state index is -0.372. The summed E-state index contributed by atoms with van der Waals surface area (Å²) < 4.78 is 12.9. The second-order valence-corrected chi connectivity index (χ2v) is 6.76. The Bertz CT molecular complexity index is 1010. The third kappa shape index (κ3) is 5.25. The van der Waals surface area contributed by atoms with Crippen molar-refractivity contribution in [3.63, 3.8) is 0 Å². The molecule has 2 amide bonds. The number of amides is 2. The number of rotatable bonds is 6. The van der Waals surface area contributed by atoms with E-state index in [-0.39, 0.29) is 29.0 Å². The molecule has 29 heavy (non-hydrogen) atoms. The van der Waals surface area contributed by atoms with Crippen LogP contribution in [0, 0.1) is 19.7 Å². The number of hydrogen-bond donors (Lipinski definition) is 2. The van der Waals surface area contributed by atoms with Crippen molar-refractivity contribution in [3.8, 4) is 0 Å². The van der Waals surface area contributed by atoms with Gasteiger partial charge in [-0.3, -0.25) is 9.59 Å². The predicted molar refractivity (Wildman–Crippen MR) is 111 cm³/mol. The van der Waals surface area contributed by atoms with Crippen LogP contribution in [-0.2, 0) is 6.42 Å². The van der Waals surface area contributed by atoms with Crippen LogP contribution >= 0.6 is 0 Å². The zero-order valence-corrected chi connectivity index (χ0v) is 16.3. The monoisotopic (exact) mass is 391 g/mol. The van der Waals surface area contributed by atoms with E-state index in [1.807, 2.05) is 32.0 Å². The Morgan fingerprint density at radius 3 is 2.10 bits per heavy atom. The maximum Gasteiger partial charge on any atom is 0.274 e. The Hall–Kier alpha value is -3.54. The van der Waals surface area contributed by atoms with E-state index < -0.39 is 0 Å². The fraction of sp³-hybridized carbons (Fsp3) is 0.174. The van der Waals surface area contributed by atoms with E-state index in [0.717, 1.165) is 22.4 Å². The summed E-state index contributed by atoms with van der Waals surface area (Å²) in [4.78, 5) is 29.1. The minimum Gasteiger partial charge on any atom is -0.350 e. The Morgan fingerprint density at radius 2 is 1.45 bits per heavy atom. The maximum atomic E-state index is 12.9. The quantitative estimate of drug-likeness (QED) is 0.666. The molecular formula is C23H22FN3O2. The molecule has 6 heteroatoms. The fourth-order valence-electron chi connectivity index (χ4n) is 2.94. The molecule has 0 fully saturated rings. The van der Waals surface area contributed by atoms with Crippen LogP contribution in [0.3, 0.4) is 0 Å². The smallest absolute Gasteiger partial charge is 0.274 e. The summed E-state index contributed by atoms with van der Waals surface area (Å²) in [6.07, 6.45) is 0.568. The highest BCUT2D eigenvalue weighted by Crippen LogP contribution is 2.20. The Morgan fingerprint density at radius 1 is 0.862 bits per heavy atom. The van der Waals surface area contributed by atoms with Gasteiger partial charge in [0.15, 0.2) is 0 Å². The van der Waals surface area contributed by atoms with Crippen molar-refractivity contribution >= 4 is 17.5 Å². The molecule has 0 spiro atoms. The van der Waals surface area contributed by atoms with Gasteiger partial charge in [0.25, 0.3) is 11.8 Å². The first-order chi connectivity index (χ1) is 13.9. The van der Waals surface area contributed by atoms with E-state index in [0.29, 0.717) is 13.0 Å². The molecule has 3 aromatic rings. The van der Waals surface area contributed by atoms with Gasteiger partial charge in [-0.25, -0.2) is 9.37 Å². The average Bonchev–Trinajstić information content (AvgIpc) is 2.72. The molecule has 0 bridgehead atoms. The second kappa shape index (κ2) is 9.10. The molecule has 1 heterocycles. The summed E-state index contributed by atoms with van der Waals surface area (Å²) in [5, 5.41) is 5.64. The molecule has 0 unspecified atom stereocenters. The molecule has 2 N–H and O–H groups in total. The van der Waals surface area contributed by atoms with Gasteiger partial charge in [0, 0.05) is 12.2 Å². The van der Waals surface area contributed by atoms with Gasteiger partial charge in [-0.2, -0.15) is 0 Å². The molecule has 5 nitrogen and oxygen atoms in total. The zero-order chi connectivity index (χ0) is 20.8. The normalized spacial score (nSPS) is 10.4. The minimum absolute atomic E-state index is 0.165.